The molecule has 0 atom stereocenters. The zero-order chi connectivity index (χ0) is 31.2. The molecule has 3 aromatic heterocycles. The Bertz CT molecular complexity index is 2500. The standard InChI is InChI=1S/C42H26N4S/c1-3-11-30(12-4-1)40-44-41(31-13-5-2-6-14-31)46-42(45-40)35-20-9-21-36-37(35)34-19-8-18-33(39(34)47-36)28-24-22-27(23-25-28)32-17-7-15-29-16-10-26-43-38(29)32/h1-26H. The lowest BCUT2D eigenvalue weighted by Crippen LogP contribution is -2.00. The predicted octanol–water partition coefficient (Wildman–Crippen LogP) is 11.1. The van der Waals surface area contributed by atoms with Crippen LogP contribution in [0.15, 0.2) is 158 Å². The second-order valence-electron chi connectivity index (χ2n) is 11.5. The number of thiophene rings is 1. The van der Waals surface area contributed by atoms with Crippen molar-refractivity contribution in [1.29, 1.82) is 0 Å². The van der Waals surface area contributed by atoms with Crippen molar-refractivity contribution in [1.82, 2.24) is 19.9 Å². The second kappa shape index (κ2) is 11.4. The summed E-state index contributed by atoms with van der Waals surface area (Å²) in [6.45, 7) is 0. The van der Waals surface area contributed by atoms with Crippen molar-refractivity contribution in [2.45, 2.75) is 0 Å². The highest BCUT2D eigenvalue weighted by atomic mass is 32.1. The summed E-state index contributed by atoms with van der Waals surface area (Å²) < 4.78 is 2.45. The summed E-state index contributed by atoms with van der Waals surface area (Å²) in [6.07, 6.45) is 1.86. The third kappa shape index (κ3) is 4.85. The van der Waals surface area contributed by atoms with Gasteiger partial charge in [-0.05, 0) is 28.8 Å². The van der Waals surface area contributed by atoms with Crippen LogP contribution in [0.3, 0.4) is 0 Å². The highest BCUT2D eigenvalue weighted by Gasteiger charge is 2.18. The quantitative estimate of drug-likeness (QED) is 0.193. The Morgan fingerprint density at radius 3 is 1.70 bits per heavy atom. The monoisotopic (exact) mass is 618 g/mol. The maximum atomic E-state index is 5.05. The fourth-order valence-electron chi connectivity index (χ4n) is 6.36. The summed E-state index contributed by atoms with van der Waals surface area (Å²) in [4.78, 5) is 19.7. The van der Waals surface area contributed by atoms with E-state index in [2.05, 4.69) is 89.9 Å². The molecule has 0 aliphatic heterocycles. The van der Waals surface area contributed by atoms with Crippen molar-refractivity contribution in [2.75, 3.05) is 0 Å². The minimum atomic E-state index is 0.660. The molecule has 3 heterocycles. The number of benzene rings is 6. The average Bonchev–Trinajstić information content (AvgIpc) is 3.55. The number of pyridine rings is 1. The molecule has 0 bridgehead atoms. The third-order valence-corrected chi connectivity index (χ3v) is 9.81. The summed E-state index contributed by atoms with van der Waals surface area (Å²) in [5.74, 6) is 1.99. The molecule has 4 nitrogen and oxygen atoms in total. The third-order valence-electron chi connectivity index (χ3n) is 8.60. The Morgan fingerprint density at radius 2 is 0.979 bits per heavy atom. The van der Waals surface area contributed by atoms with Crippen LogP contribution in [0.5, 0.6) is 0 Å². The van der Waals surface area contributed by atoms with Crippen LogP contribution >= 0.6 is 11.3 Å². The Balaban J connectivity index is 1.19. The first-order chi connectivity index (χ1) is 23.3. The fourth-order valence-corrected chi connectivity index (χ4v) is 7.62. The first-order valence-electron chi connectivity index (χ1n) is 15.6. The van der Waals surface area contributed by atoms with E-state index in [0.717, 1.165) is 44.1 Å². The summed E-state index contributed by atoms with van der Waals surface area (Å²) in [6, 6.07) is 52.6. The van der Waals surface area contributed by atoms with Gasteiger partial charge in [0.05, 0.1) is 5.52 Å². The van der Waals surface area contributed by atoms with E-state index in [0.29, 0.717) is 17.5 Å². The Labute approximate surface area is 275 Å². The lowest BCUT2D eigenvalue weighted by Gasteiger charge is -2.10. The Hall–Kier alpha value is -6.04. The van der Waals surface area contributed by atoms with Gasteiger partial charge in [-0.3, -0.25) is 4.98 Å². The van der Waals surface area contributed by atoms with Crippen molar-refractivity contribution >= 4 is 42.4 Å². The lowest BCUT2D eigenvalue weighted by atomic mass is 9.97. The number of rotatable bonds is 5. The number of nitrogens with zero attached hydrogens (tertiary/aromatic N) is 4. The second-order valence-corrected chi connectivity index (χ2v) is 12.5. The van der Waals surface area contributed by atoms with Gasteiger partial charge in [0.1, 0.15) is 0 Å². The molecule has 47 heavy (non-hydrogen) atoms. The molecule has 220 valence electrons. The number of hydrogen-bond acceptors (Lipinski definition) is 5. The molecular formula is C42H26N4S. The van der Waals surface area contributed by atoms with Crippen LogP contribution < -0.4 is 0 Å². The molecule has 0 amide bonds. The predicted molar refractivity (Wildman–Crippen MR) is 195 cm³/mol. The van der Waals surface area contributed by atoms with Gasteiger partial charge in [-0.15, -0.1) is 11.3 Å². The minimum absolute atomic E-state index is 0.660. The maximum Gasteiger partial charge on any atom is 0.164 e. The molecule has 0 spiro atoms. The topological polar surface area (TPSA) is 51.6 Å². The molecule has 0 aliphatic carbocycles. The molecule has 9 aromatic rings. The Morgan fingerprint density at radius 1 is 0.404 bits per heavy atom. The molecule has 6 aromatic carbocycles. The molecule has 9 rings (SSSR count). The van der Waals surface area contributed by atoms with Crippen molar-refractivity contribution in [3.63, 3.8) is 0 Å². The smallest absolute Gasteiger partial charge is 0.164 e. The normalized spacial score (nSPS) is 11.4. The van der Waals surface area contributed by atoms with E-state index in [1.165, 1.54) is 25.9 Å². The maximum absolute atomic E-state index is 5.05. The summed E-state index contributed by atoms with van der Waals surface area (Å²) in [5.41, 5.74) is 8.62. The number of aromatic nitrogens is 4. The van der Waals surface area contributed by atoms with Crippen LogP contribution in [-0.4, -0.2) is 19.9 Å². The zero-order valence-electron chi connectivity index (χ0n) is 25.2. The molecular weight excluding hydrogens is 593 g/mol. The van der Waals surface area contributed by atoms with Gasteiger partial charge in [-0.25, -0.2) is 15.0 Å². The van der Waals surface area contributed by atoms with Crippen LogP contribution in [0.1, 0.15) is 0 Å². The molecule has 0 N–H and O–H groups in total. The van der Waals surface area contributed by atoms with E-state index in [9.17, 15) is 0 Å². The number of fused-ring (bicyclic) bond motifs is 4. The minimum Gasteiger partial charge on any atom is -0.256 e. The van der Waals surface area contributed by atoms with Gasteiger partial charge in [-0.1, -0.05) is 140 Å². The molecule has 5 heteroatoms. The highest BCUT2D eigenvalue weighted by molar-refractivity contribution is 7.26. The van der Waals surface area contributed by atoms with Gasteiger partial charge in [0.25, 0.3) is 0 Å². The first-order valence-corrected chi connectivity index (χ1v) is 16.4. The van der Waals surface area contributed by atoms with Crippen molar-refractivity contribution < 1.29 is 0 Å². The van der Waals surface area contributed by atoms with Crippen LogP contribution in [0.25, 0.3) is 87.5 Å². The van der Waals surface area contributed by atoms with E-state index < -0.39 is 0 Å². The Kier molecular flexibility index (Phi) is 6.61. The molecule has 0 radical (unpaired) electrons. The van der Waals surface area contributed by atoms with E-state index in [1.54, 1.807) is 0 Å². The van der Waals surface area contributed by atoms with Crippen molar-refractivity contribution in [3.8, 4) is 56.4 Å². The van der Waals surface area contributed by atoms with Gasteiger partial charge in [0.2, 0.25) is 0 Å². The van der Waals surface area contributed by atoms with Gasteiger partial charge in [0.15, 0.2) is 17.5 Å². The molecule has 0 saturated carbocycles. The van der Waals surface area contributed by atoms with E-state index >= 15 is 0 Å². The fraction of sp³-hybridized carbons (Fsp3) is 0. The van der Waals surface area contributed by atoms with Gasteiger partial charge >= 0.3 is 0 Å². The SMILES string of the molecule is c1ccc(-c2nc(-c3ccccc3)nc(-c3cccc4sc5c(-c6ccc(-c7cccc8cccnc78)cc6)cccc5c34)n2)cc1. The summed E-state index contributed by atoms with van der Waals surface area (Å²) in [5, 5.41) is 3.50. The number of para-hydroxylation sites is 1. The molecule has 0 saturated heterocycles. The largest absolute Gasteiger partial charge is 0.256 e. The summed E-state index contributed by atoms with van der Waals surface area (Å²) in [7, 11) is 0. The van der Waals surface area contributed by atoms with Crippen molar-refractivity contribution in [2.24, 2.45) is 0 Å². The van der Waals surface area contributed by atoms with Gasteiger partial charge in [-0.2, -0.15) is 0 Å². The van der Waals surface area contributed by atoms with Crippen LogP contribution in [-0.2, 0) is 0 Å². The van der Waals surface area contributed by atoms with E-state index in [-0.39, 0.29) is 0 Å². The zero-order valence-corrected chi connectivity index (χ0v) is 26.0. The number of hydrogen-bond donors (Lipinski definition) is 0. The summed E-state index contributed by atoms with van der Waals surface area (Å²) >= 11 is 1.81. The molecule has 0 unspecified atom stereocenters. The highest BCUT2D eigenvalue weighted by Crippen LogP contribution is 2.44. The van der Waals surface area contributed by atoms with Crippen LogP contribution in [0.2, 0.25) is 0 Å². The van der Waals surface area contributed by atoms with Crippen LogP contribution in [0.4, 0.5) is 0 Å². The lowest BCUT2D eigenvalue weighted by molar-refractivity contribution is 1.08. The molecule has 0 fully saturated rings. The molecule has 0 aliphatic rings. The van der Waals surface area contributed by atoms with Gasteiger partial charge in [0, 0.05) is 54.0 Å². The van der Waals surface area contributed by atoms with Crippen LogP contribution in [0, 0.1) is 0 Å². The van der Waals surface area contributed by atoms with E-state index in [1.807, 2.05) is 84.3 Å². The van der Waals surface area contributed by atoms with Gasteiger partial charge < -0.3 is 0 Å². The first kappa shape index (κ1) is 27.3. The average molecular weight is 619 g/mol. The van der Waals surface area contributed by atoms with Crippen molar-refractivity contribution in [3.05, 3.63) is 158 Å². The van der Waals surface area contributed by atoms with E-state index in [4.69, 9.17) is 15.0 Å².